The number of anilines is 5. The van der Waals surface area contributed by atoms with Gasteiger partial charge in [-0.15, -0.1) is 6.42 Å². The highest BCUT2D eigenvalue weighted by atomic mass is 16.3. The quantitative estimate of drug-likeness (QED) is 0.319. The lowest BCUT2D eigenvalue weighted by Gasteiger charge is -2.35. The van der Waals surface area contributed by atoms with Crippen LogP contribution in [0.5, 0.6) is 0 Å². The summed E-state index contributed by atoms with van der Waals surface area (Å²) in [5.74, 6) is 3.10. The topological polar surface area (TPSA) is 119 Å². The molecule has 0 bridgehead atoms. The first-order valence-corrected chi connectivity index (χ1v) is 13.7. The number of hydrogen-bond acceptors (Lipinski definition) is 9. The number of aliphatic hydroxyl groups is 1. The fraction of sp³-hybridized carbons (Fsp3) is 0.400. The molecule has 1 aromatic carbocycles. The van der Waals surface area contributed by atoms with Crippen molar-refractivity contribution in [1.82, 2.24) is 25.2 Å². The van der Waals surface area contributed by atoms with Crippen LogP contribution in [0.4, 0.5) is 29.0 Å². The molecule has 10 heteroatoms. The molecule has 208 valence electrons. The van der Waals surface area contributed by atoms with Gasteiger partial charge in [0.1, 0.15) is 22.8 Å². The van der Waals surface area contributed by atoms with Crippen LogP contribution < -0.4 is 20.9 Å². The van der Waals surface area contributed by atoms with E-state index in [4.69, 9.17) is 11.4 Å². The minimum absolute atomic E-state index is 0.0812. The van der Waals surface area contributed by atoms with Gasteiger partial charge in [-0.25, -0.2) is 9.97 Å². The Balaban J connectivity index is 1.41. The number of piperazine rings is 1. The first-order valence-electron chi connectivity index (χ1n) is 13.7. The number of fused-ring (bicyclic) bond motifs is 1. The van der Waals surface area contributed by atoms with Crippen LogP contribution in [0.2, 0.25) is 0 Å². The summed E-state index contributed by atoms with van der Waals surface area (Å²) >= 11 is 0. The van der Waals surface area contributed by atoms with Gasteiger partial charge in [-0.05, 0) is 68.6 Å². The maximum Gasteiger partial charge on any atom is 0.257 e. The molecule has 10 nitrogen and oxygen atoms in total. The van der Waals surface area contributed by atoms with Gasteiger partial charge in [-0.2, -0.15) is 4.98 Å². The van der Waals surface area contributed by atoms with E-state index in [9.17, 15) is 9.90 Å². The number of likely N-dealkylation sites (N-methyl/N-ethyl adjacent to an activating group) is 1. The van der Waals surface area contributed by atoms with Crippen molar-refractivity contribution in [2.75, 3.05) is 55.3 Å². The van der Waals surface area contributed by atoms with Crippen LogP contribution in [-0.4, -0.2) is 70.6 Å². The number of carbonyl (C=O) groups excluding carboxylic acids is 1. The number of nitrogens with zero attached hydrogens (tertiary/aromatic N) is 5. The summed E-state index contributed by atoms with van der Waals surface area (Å²) < 4.78 is 0. The van der Waals surface area contributed by atoms with E-state index in [-0.39, 0.29) is 17.9 Å². The predicted molar refractivity (Wildman–Crippen MR) is 157 cm³/mol. The summed E-state index contributed by atoms with van der Waals surface area (Å²) in [5.41, 5.74) is 4.20. The number of aromatic nitrogens is 3. The average molecular weight is 541 g/mol. The number of terminal acetylenes is 1. The molecule has 1 amide bonds. The molecule has 1 atom stereocenters. The van der Waals surface area contributed by atoms with E-state index in [0.717, 1.165) is 49.4 Å². The van der Waals surface area contributed by atoms with Gasteiger partial charge in [-0.3, -0.25) is 4.79 Å². The molecular formula is C30H36N8O2. The minimum Gasteiger partial charge on any atom is -0.384 e. The minimum atomic E-state index is -0.952. The molecule has 5 rings (SSSR count). The monoisotopic (exact) mass is 540 g/mol. The lowest BCUT2D eigenvalue weighted by molar-refractivity contribution is 0.0307. The van der Waals surface area contributed by atoms with E-state index in [2.05, 4.69) is 67.7 Å². The largest absolute Gasteiger partial charge is 0.384 e. The second-order valence-electron chi connectivity index (χ2n) is 10.5. The molecule has 2 aliphatic rings. The molecule has 4 N–H and O–H groups in total. The predicted octanol–water partition coefficient (Wildman–Crippen LogP) is 3.33. The third-order valence-corrected chi connectivity index (χ3v) is 7.74. The summed E-state index contributed by atoms with van der Waals surface area (Å²) in [6, 6.07) is 10.00. The van der Waals surface area contributed by atoms with Crippen LogP contribution in [-0.2, 0) is 12.0 Å². The SMILES string of the molecule is C#CCNC(=O)c1cnc(Nc2ccc(N3CCN(C)CC3)c(C)c2)nc1Nc1ccc2c(n1)[C@](O)(CC)CC2. The van der Waals surface area contributed by atoms with Gasteiger partial charge in [-0.1, -0.05) is 18.9 Å². The normalized spacial score (nSPS) is 18.6. The second-order valence-corrected chi connectivity index (χ2v) is 10.5. The van der Waals surface area contributed by atoms with E-state index in [1.807, 2.05) is 25.1 Å². The Kier molecular flexibility index (Phi) is 7.87. The van der Waals surface area contributed by atoms with Crippen molar-refractivity contribution >= 4 is 34.9 Å². The first-order chi connectivity index (χ1) is 19.3. The number of rotatable bonds is 8. The number of carbonyl (C=O) groups is 1. The van der Waals surface area contributed by atoms with Gasteiger partial charge in [0.25, 0.3) is 5.91 Å². The van der Waals surface area contributed by atoms with Crippen LogP contribution in [0.1, 0.15) is 46.9 Å². The van der Waals surface area contributed by atoms with E-state index < -0.39 is 11.5 Å². The summed E-state index contributed by atoms with van der Waals surface area (Å²) in [4.78, 5) is 31.3. The Bertz CT molecular complexity index is 1440. The van der Waals surface area contributed by atoms with Crippen LogP contribution in [0.25, 0.3) is 0 Å². The Labute approximate surface area is 235 Å². The standard InChI is InChI=1S/C30H36N8O2/c1-5-13-31-28(39)23-19-32-29(33-22-8-9-24(20(3)18-22)38-16-14-37(4)15-17-38)36-27(23)35-25-10-7-21-11-12-30(40,6-2)26(21)34-25/h1,7-10,18-19,40H,6,11-17H2,2-4H3,(H,31,39)(H2,32,33,34,35,36)/t30-/m0/s1. The Morgan fingerprint density at radius 3 is 2.67 bits per heavy atom. The zero-order chi connectivity index (χ0) is 28.3. The molecule has 40 heavy (non-hydrogen) atoms. The molecule has 0 spiro atoms. The molecule has 1 aliphatic heterocycles. The number of benzene rings is 1. The summed E-state index contributed by atoms with van der Waals surface area (Å²) in [5, 5.41) is 20.1. The number of pyridine rings is 1. The van der Waals surface area contributed by atoms with Crippen LogP contribution in [0, 0.1) is 19.3 Å². The Morgan fingerprint density at radius 2 is 1.95 bits per heavy atom. The van der Waals surface area contributed by atoms with Gasteiger partial charge in [0.2, 0.25) is 5.95 Å². The molecule has 1 fully saturated rings. The number of amides is 1. The Hall–Kier alpha value is -4.20. The Morgan fingerprint density at radius 1 is 1.15 bits per heavy atom. The molecule has 3 aromatic rings. The maximum atomic E-state index is 12.9. The molecular weight excluding hydrogens is 504 g/mol. The van der Waals surface area contributed by atoms with E-state index >= 15 is 0 Å². The van der Waals surface area contributed by atoms with Gasteiger partial charge in [0, 0.05) is 43.8 Å². The molecule has 0 radical (unpaired) electrons. The summed E-state index contributed by atoms with van der Waals surface area (Å²) in [7, 11) is 2.15. The lowest BCUT2D eigenvalue weighted by atomic mass is 9.98. The van der Waals surface area contributed by atoms with Crippen molar-refractivity contribution in [3.63, 3.8) is 0 Å². The highest BCUT2D eigenvalue weighted by Crippen LogP contribution is 2.39. The van der Waals surface area contributed by atoms with Crippen molar-refractivity contribution in [3.05, 3.63) is 58.9 Å². The van der Waals surface area contributed by atoms with Gasteiger partial charge < -0.3 is 30.9 Å². The molecule has 1 aliphatic carbocycles. The van der Waals surface area contributed by atoms with E-state index in [0.29, 0.717) is 30.3 Å². The van der Waals surface area contributed by atoms with Crippen molar-refractivity contribution in [3.8, 4) is 12.3 Å². The highest BCUT2D eigenvalue weighted by Gasteiger charge is 2.36. The summed E-state index contributed by atoms with van der Waals surface area (Å²) in [6.07, 6.45) is 8.79. The molecule has 0 saturated carbocycles. The maximum absolute atomic E-state index is 12.9. The van der Waals surface area contributed by atoms with Crippen molar-refractivity contribution in [1.29, 1.82) is 0 Å². The van der Waals surface area contributed by atoms with E-state index in [1.165, 1.54) is 11.9 Å². The number of nitrogens with one attached hydrogen (secondary N) is 3. The van der Waals surface area contributed by atoms with Crippen LogP contribution in [0.15, 0.2) is 36.5 Å². The van der Waals surface area contributed by atoms with E-state index in [1.54, 1.807) is 0 Å². The van der Waals surface area contributed by atoms with Crippen molar-refractivity contribution < 1.29 is 9.90 Å². The summed E-state index contributed by atoms with van der Waals surface area (Å²) in [6.45, 7) is 8.21. The fourth-order valence-corrected chi connectivity index (χ4v) is 5.28. The zero-order valence-electron chi connectivity index (χ0n) is 23.3. The van der Waals surface area contributed by atoms with Crippen LogP contribution in [0.3, 0.4) is 0 Å². The van der Waals surface area contributed by atoms with Gasteiger partial charge in [0.15, 0.2) is 0 Å². The number of hydrogen-bond donors (Lipinski definition) is 4. The van der Waals surface area contributed by atoms with Gasteiger partial charge in [0.05, 0.1) is 12.2 Å². The molecule has 3 heterocycles. The van der Waals surface area contributed by atoms with Crippen LogP contribution >= 0.6 is 0 Å². The van der Waals surface area contributed by atoms with Gasteiger partial charge >= 0.3 is 0 Å². The average Bonchev–Trinajstić information content (AvgIpc) is 3.29. The lowest BCUT2D eigenvalue weighted by Crippen LogP contribution is -2.44. The second kappa shape index (κ2) is 11.5. The third-order valence-electron chi connectivity index (χ3n) is 7.74. The molecule has 0 unspecified atom stereocenters. The molecule has 1 saturated heterocycles. The fourth-order valence-electron chi connectivity index (χ4n) is 5.28. The smallest absolute Gasteiger partial charge is 0.257 e. The van der Waals surface area contributed by atoms with Crippen molar-refractivity contribution in [2.45, 2.75) is 38.7 Å². The zero-order valence-corrected chi connectivity index (χ0v) is 23.3. The molecule has 2 aromatic heterocycles. The third kappa shape index (κ3) is 5.71. The first kappa shape index (κ1) is 27.4. The number of aryl methyl sites for hydroxylation is 2. The van der Waals surface area contributed by atoms with Crippen molar-refractivity contribution in [2.24, 2.45) is 0 Å². The highest BCUT2D eigenvalue weighted by molar-refractivity contribution is 5.99.